The van der Waals surface area contributed by atoms with Crippen LogP contribution in [-0.2, 0) is 6.54 Å². The molecule has 4 heteroatoms. The lowest BCUT2D eigenvalue weighted by Gasteiger charge is -2.25. The van der Waals surface area contributed by atoms with E-state index in [1.54, 1.807) is 0 Å². The number of nitrogens with zero attached hydrogens (tertiary/aromatic N) is 3. The van der Waals surface area contributed by atoms with Crippen molar-refractivity contribution in [3.05, 3.63) is 17.7 Å². The maximum Gasteiger partial charge on any atom is 0.131 e. The minimum atomic E-state index is 0.371. The predicted octanol–water partition coefficient (Wildman–Crippen LogP) is 2.95. The van der Waals surface area contributed by atoms with Crippen molar-refractivity contribution in [2.75, 3.05) is 24.5 Å². The smallest absolute Gasteiger partial charge is 0.131 e. The van der Waals surface area contributed by atoms with Gasteiger partial charge in [0.2, 0.25) is 0 Å². The molecule has 0 unspecified atom stereocenters. The molecule has 1 aromatic rings. The van der Waals surface area contributed by atoms with Crippen molar-refractivity contribution < 1.29 is 0 Å². The van der Waals surface area contributed by atoms with E-state index in [1.165, 1.54) is 5.69 Å². The Morgan fingerprint density at radius 2 is 2.00 bits per heavy atom. The van der Waals surface area contributed by atoms with Crippen LogP contribution in [0.25, 0.3) is 0 Å². The summed E-state index contributed by atoms with van der Waals surface area (Å²) in [7, 11) is 0. The molecule has 1 N–H and O–H groups in total. The molecule has 0 aliphatic rings. The highest BCUT2D eigenvalue weighted by Crippen LogP contribution is 2.20. The lowest BCUT2D eigenvalue weighted by Crippen LogP contribution is -2.27. The van der Waals surface area contributed by atoms with Crippen LogP contribution in [0.2, 0.25) is 0 Å². The predicted molar refractivity (Wildman–Crippen MR) is 81.7 cm³/mol. The van der Waals surface area contributed by atoms with Crippen LogP contribution in [0.15, 0.2) is 6.20 Å². The average molecular weight is 264 g/mol. The third kappa shape index (κ3) is 4.46. The highest BCUT2D eigenvalue weighted by molar-refractivity contribution is 5.49. The number of hydrogen-bond donors (Lipinski definition) is 1. The topological polar surface area (TPSA) is 41.1 Å². The van der Waals surface area contributed by atoms with E-state index >= 15 is 0 Å². The quantitative estimate of drug-likeness (QED) is 0.784. The Kier molecular flexibility index (Phi) is 6.78. The molecule has 19 heavy (non-hydrogen) atoms. The van der Waals surface area contributed by atoms with Crippen molar-refractivity contribution >= 4 is 5.69 Å². The van der Waals surface area contributed by atoms with Crippen LogP contribution >= 0.6 is 0 Å². The summed E-state index contributed by atoms with van der Waals surface area (Å²) in [6.07, 6.45) is 3.13. The molecule has 0 amide bonds. The number of aromatic nitrogens is 2. The largest absolute Gasteiger partial charge is 0.369 e. The molecule has 108 valence electrons. The van der Waals surface area contributed by atoms with Crippen LogP contribution in [0.4, 0.5) is 5.69 Å². The number of nitrogens with one attached hydrogen (secondary N) is 1. The first kappa shape index (κ1) is 15.9. The van der Waals surface area contributed by atoms with Crippen molar-refractivity contribution in [1.82, 2.24) is 15.3 Å². The van der Waals surface area contributed by atoms with Crippen LogP contribution in [0.5, 0.6) is 0 Å². The summed E-state index contributed by atoms with van der Waals surface area (Å²) in [5.41, 5.74) is 2.30. The van der Waals surface area contributed by atoms with Crippen LogP contribution in [0.1, 0.15) is 58.5 Å². The van der Waals surface area contributed by atoms with Gasteiger partial charge in [0.15, 0.2) is 0 Å². The minimum absolute atomic E-state index is 0.371. The molecular formula is C15H28N4. The van der Waals surface area contributed by atoms with E-state index < -0.39 is 0 Å². The van der Waals surface area contributed by atoms with E-state index in [2.05, 4.69) is 49.8 Å². The zero-order chi connectivity index (χ0) is 14.3. The van der Waals surface area contributed by atoms with Gasteiger partial charge in [-0.3, -0.25) is 0 Å². The van der Waals surface area contributed by atoms with Gasteiger partial charge in [0, 0.05) is 25.6 Å². The van der Waals surface area contributed by atoms with Crippen molar-refractivity contribution in [2.24, 2.45) is 0 Å². The standard InChI is InChI=1S/C15H28N4/c1-6-9-19(8-3)14-11-17-15(12(4)5)18-13(14)10-16-7-2/h11-12,16H,6-10H2,1-5H3. The van der Waals surface area contributed by atoms with Gasteiger partial charge in [-0.05, 0) is 19.9 Å². The van der Waals surface area contributed by atoms with Gasteiger partial charge < -0.3 is 10.2 Å². The Balaban J connectivity index is 3.06. The molecule has 0 fully saturated rings. The normalized spacial score (nSPS) is 11.1. The second kappa shape index (κ2) is 8.10. The Hall–Kier alpha value is -1.16. The third-order valence-corrected chi connectivity index (χ3v) is 3.14. The second-order valence-electron chi connectivity index (χ2n) is 5.07. The van der Waals surface area contributed by atoms with E-state index in [0.29, 0.717) is 5.92 Å². The van der Waals surface area contributed by atoms with Crippen LogP contribution in [-0.4, -0.2) is 29.6 Å². The zero-order valence-corrected chi connectivity index (χ0v) is 13.0. The molecule has 1 aromatic heterocycles. The fraction of sp³-hybridized carbons (Fsp3) is 0.733. The molecule has 0 atom stereocenters. The fourth-order valence-corrected chi connectivity index (χ4v) is 2.06. The monoisotopic (exact) mass is 264 g/mol. The van der Waals surface area contributed by atoms with Gasteiger partial charge in [0.05, 0.1) is 17.6 Å². The second-order valence-corrected chi connectivity index (χ2v) is 5.07. The summed E-state index contributed by atoms with van der Waals surface area (Å²) in [6.45, 7) is 14.6. The molecule has 0 aliphatic carbocycles. The van der Waals surface area contributed by atoms with Crippen molar-refractivity contribution in [3.8, 4) is 0 Å². The lowest BCUT2D eigenvalue weighted by atomic mass is 10.2. The number of anilines is 1. The summed E-state index contributed by atoms with van der Waals surface area (Å²) in [5, 5.41) is 3.38. The summed E-state index contributed by atoms with van der Waals surface area (Å²) >= 11 is 0. The van der Waals surface area contributed by atoms with Gasteiger partial charge >= 0.3 is 0 Å². The Bertz CT molecular complexity index is 376. The van der Waals surface area contributed by atoms with Crippen LogP contribution in [0, 0.1) is 0 Å². The molecule has 0 radical (unpaired) electrons. The van der Waals surface area contributed by atoms with Gasteiger partial charge in [-0.1, -0.05) is 27.7 Å². The van der Waals surface area contributed by atoms with Gasteiger partial charge in [-0.15, -0.1) is 0 Å². The Morgan fingerprint density at radius 3 is 2.53 bits per heavy atom. The molecule has 1 rings (SSSR count). The first-order valence-electron chi connectivity index (χ1n) is 7.45. The van der Waals surface area contributed by atoms with Crippen molar-refractivity contribution in [3.63, 3.8) is 0 Å². The summed E-state index contributed by atoms with van der Waals surface area (Å²) < 4.78 is 0. The van der Waals surface area contributed by atoms with E-state index in [-0.39, 0.29) is 0 Å². The molecular weight excluding hydrogens is 236 g/mol. The van der Waals surface area contributed by atoms with E-state index in [0.717, 1.165) is 44.1 Å². The highest BCUT2D eigenvalue weighted by atomic mass is 15.1. The summed E-state index contributed by atoms with van der Waals surface area (Å²) in [5.74, 6) is 1.31. The molecule has 0 saturated heterocycles. The van der Waals surface area contributed by atoms with Gasteiger partial charge in [0.1, 0.15) is 5.82 Å². The molecule has 4 nitrogen and oxygen atoms in total. The SMILES string of the molecule is CCCN(CC)c1cnc(C(C)C)nc1CNCC. The number of rotatable bonds is 8. The number of hydrogen-bond acceptors (Lipinski definition) is 4. The van der Waals surface area contributed by atoms with Crippen LogP contribution in [0.3, 0.4) is 0 Å². The summed E-state index contributed by atoms with van der Waals surface area (Å²) in [6, 6.07) is 0. The molecule has 0 spiro atoms. The van der Waals surface area contributed by atoms with Crippen molar-refractivity contribution in [2.45, 2.75) is 53.5 Å². The highest BCUT2D eigenvalue weighted by Gasteiger charge is 2.13. The molecule has 0 bridgehead atoms. The third-order valence-electron chi connectivity index (χ3n) is 3.14. The van der Waals surface area contributed by atoms with Gasteiger partial charge in [0.25, 0.3) is 0 Å². The minimum Gasteiger partial charge on any atom is -0.369 e. The molecule has 0 aromatic carbocycles. The van der Waals surface area contributed by atoms with Crippen molar-refractivity contribution in [1.29, 1.82) is 0 Å². The first-order valence-corrected chi connectivity index (χ1v) is 7.45. The average Bonchev–Trinajstić information content (AvgIpc) is 2.42. The van der Waals surface area contributed by atoms with E-state index in [9.17, 15) is 0 Å². The lowest BCUT2D eigenvalue weighted by molar-refractivity contribution is 0.676. The molecule has 0 saturated carbocycles. The van der Waals surface area contributed by atoms with Gasteiger partial charge in [-0.25, -0.2) is 9.97 Å². The molecule has 0 aliphatic heterocycles. The first-order chi connectivity index (χ1) is 9.13. The maximum absolute atomic E-state index is 4.75. The fourth-order valence-electron chi connectivity index (χ4n) is 2.06. The Labute approximate surface area is 117 Å². The maximum atomic E-state index is 4.75. The van der Waals surface area contributed by atoms with Gasteiger partial charge in [-0.2, -0.15) is 0 Å². The zero-order valence-electron chi connectivity index (χ0n) is 13.0. The molecule has 1 heterocycles. The van der Waals surface area contributed by atoms with E-state index in [4.69, 9.17) is 4.98 Å². The summed E-state index contributed by atoms with van der Waals surface area (Å²) in [4.78, 5) is 11.6. The Morgan fingerprint density at radius 1 is 1.26 bits per heavy atom. The van der Waals surface area contributed by atoms with E-state index in [1.807, 2.05) is 6.20 Å². The van der Waals surface area contributed by atoms with Crippen LogP contribution < -0.4 is 10.2 Å².